The van der Waals surface area contributed by atoms with Crippen LogP contribution in [0.4, 0.5) is 21.9 Å². The summed E-state index contributed by atoms with van der Waals surface area (Å²) in [7, 11) is 1.30. The average Bonchev–Trinajstić information content (AvgIpc) is 2.99. The Morgan fingerprint density at radius 3 is 2.43 bits per heavy atom. The van der Waals surface area contributed by atoms with Crippen molar-refractivity contribution in [3.05, 3.63) is 53.6 Å². The van der Waals surface area contributed by atoms with Crippen molar-refractivity contribution in [1.82, 2.24) is 0 Å². The van der Waals surface area contributed by atoms with Crippen molar-refractivity contribution in [2.24, 2.45) is 5.41 Å². The number of rotatable bonds is 3. The molecule has 30 heavy (non-hydrogen) atoms. The number of cyclic esters (lactones) is 1. The van der Waals surface area contributed by atoms with Crippen molar-refractivity contribution in [2.45, 2.75) is 25.7 Å². The normalized spacial score (nSPS) is 23.6. The van der Waals surface area contributed by atoms with E-state index in [9.17, 15) is 14.4 Å². The van der Waals surface area contributed by atoms with Crippen LogP contribution in [-0.2, 0) is 19.7 Å². The summed E-state index contributed by atoms with van der Waals surface area (Å²) in [5, 5.41) is 0. The van der Waals surface area contributed by atoms with Gasteiger partial charge in [0.05, 0.1) is 41.7 Å². The van der Waals surface area contributed by atoms with E-state index in [2.05, 4.69) is 13.8 Å². The molecule has 2 heterocycles. The third kappa shape index (κ3) is 2.35. The van der Waals surface area contributed by atoms with Gasteiger partial charge < -0.3 is 9.47 Å². The Labute approximate surface area is 174 Å². The van der Waals surface area contributed by atoms with Crippen LogP contribution in [0.3, 0.4) is 0 Å². The second kappa shape index (κ2) is 6.08. The maximum atomic E-state index is 13.7. The van der Waals surface area contributed by atoms with Crippen molar-refractivity contribution in [3.63, 3.8) is 0 Å². The van der Waals surface area contributed by atoms with Crippen molar-refractivity contribution < 1.29 is 23.9 Å². The van der Waals surface area contributed by atoms with Crippen LogP contribution in [0.15, 0.2) is 42.5 Å². The summed E-state index contributed by atoms with van der Waals surface area (Å²) >= 11 is 0. The lowest BCUT2D eigenvalue weighted by atomic mass is 9.89. The van der Waals surface area contributed by atoms with Crippen LogP contribution in [0.5, 0.6) is 0 Å². The zero-order chi connectivity index (χ0) is 21.3. The summed E-state index contributed by atoms with van der Waals surface area (Å²) in [6.45, 7) is 4.85. The number of ether oxygens (including phenoxy) is 2. The lowest BCUT2D eigenvalue weighted by Crippen LogP contribution is -2.31. The summed E-state index contributed by atoms with van der Waals surface area (Å²) in [6, 6.07) is 12.8. The Hall–Kier alpha value is -3.35. The summed E-state index contributed by atoms with van der Waals surface area (Å²) in [6.07, 6.45) is 0.296. The summed E-state index contributed by atoms with van der Waals surface area (Å²) < 4.78 is 9.95. The molecule has 154 valence electrons. The molecule has 2 aromatic rings. The minimum atomic E-state index is -0.558. The Morgan fingerprint density at radius 1 is 1.10 bits per heavy atom. The van der Waals surface area contributed by atoms with Crippen LogP contribution in [0.2, 0.25) is 0 Å². The summed E-state index contributed by atoms with van der Waals surface area (Å²) in [4.78, 5) is 41.3. The first-order chi connectivity index (χ1) is 14.3. The molecule has 0 N–H and O–H groups in total. The Morgan fingerprint density at radius 2 is 1.80 bits per heavy atom. The van der Waals surface area contributed by atoms with E-state index in [-0.39, 0.29) is 23.5 Å². The number of nitrogens with zero attached hydrogens (tertiary/aromatic N) is 2. The number of amides is 2. The molecule has 1 saturated carbocycles. The molecular formula is C23H22N2O5. The Bertz CT molecular complexity index is 1110. The molecule has 1 saturated heterocycles. The van der Waals surface area contributed by atoms with E-state index in [1.807, 2.05) is 24.3 Å². The topological polar surface area (TPSA) is 76.2 Å². The quantitative estimate of drug-likeness (QED) is 0.725. The van der Waals surface area contributed by atoms with Gasteiger partial charge in [0, 0.05) is 0 Å². The van der Waals surface area contributed by atoms with E-state index < -0.39 is 17.5 Å². The van der Waals surface area contributed by atoms with E-state index in [0.717, 1.165) is 17.7 Å². The molecule has 2 aliphatic heterocycles. The fourth-order valence-corrected chi connectivity index (χ4v) is 4.89. The van der Waals surface area contributed by atoms with E-state index >= 15 is 0 Å². The molecule has 1 aliphatic carbocycles. The smallest absolute Gasteiger partial charge is 0.414 e. The van der Waals surface area contributed by atoms with Gasteiger partial charge in [0.25, 0.3) is 0 Å². The highest BCUT2D eigenvalue weighted by molar-refractivity contribution is 6.16. The van der Waals surface area contributed by atoms with Gasteiger partial charge in [-0.25, -0.2) is 9.59 Å². The highest BCUT2D eigenvalue weighted by Crippen LogP contribution is 2.70. The molecule has 1 spiro atoms. The molecule has 2 fully saturated rings. The number of carbonyl (C=O) groups excluding carboxylic acids is 3. The second-order valence-corrected chi connectivity index (χ2v) is 8.62. The molecule has 7 nitrogen and oxygen atoms in total. The fraction of sp³-hybridized carbons (Fsp3) is 0.348. The minimum absolute atomic E-state index is 0.00864. The second-order valence-electron chi connectivity index (χ2n) is 8.62. The van der Waals surface area contributed by atoms with Gasteiger partial charge in [-0.15, -0.1) is 0 Å². The third-order valence-electron chi connectivity index (χ3n) is 6.56. The molecule has 0 unspecified atom stereocenters. The number of carbonyl (C=O) groups is 3. The fourth-order valence-electron chi connectivity index (χ4n) is 4.89. The van der Waals surface area contributed by atoms with Gasteiger partial charge in [-0.1, -0.05) is 32.0 Å². The standard InChI is InChI=1S/C23H22N2O5/c1-22(2)13-23(22)17-6-4-5-7-18(17)25(20(23)27)16-11-14(19(26)29-3)10-15(12-16)24-8-9-30-21(24)28/h4-7,10-12H,8-9,13H2,1-3H3/t23-/m1/s1. The number of benzene rings is 2. The monoisotopic (exact) mass is 406 g/mol. The van der Waals surface area contributed by atoms with Crippen LogP contribution in [0.25, 0.3) is 0 Å². The number of fused-ring (bicyclic) bond motifs is 2. The maximum Gasteiger partial charge on any atom is 0.414 e. The Balaban J connectivity index is 1.68. The molecule has 1 atom stereocenters. The predicted octanol–water partition coefficient (Wildman–Crippen LogP) is 3.78. The minimum Gasteiger partial charge on any atom is -0.465 e. The zero-order valence-corrected chi connectivity index (χ0v) is 17.1. The van der Waals surface area contributed by atoms with Gasteiger partial charge >= 0.3 is 12.1 Å². The lowest BCUT2D eigenvalue weighted by molar-refractivity contribution is -0.120. The molecule has 0 aromatic heterocycles. The first-order valence-electron chi connectivity index (χ1n) is 9.92. The van der Waals surface area contributed by atoms with E-state index in [1.165, 1.54) is 12.0 Å². The highest BCUT2D eigenvalue weighted by atomic mass is 16.6. The van der Waals surface area contributed by atoms with Crippen LogP contribution in [0.1, 0.15) is 36.2 Å². The van der Waals surface area contributed by atoms with Crippen molar-refractivity contribution in [1.29, 1.82) is 0 Å². The van der Waals surface area contributed by atoms with Gasteiger partial charge in [-0.2, -0.15) is 0 Å². The Kier molecular flexibility index (Phi) is 3.78. The van der Waals surface area contributed by atoms with Gasteiger partial charge in [-0.05, 0) is 41.7 Å². The number of esters is 1. The molecular weight excluding hydrogens is 384 g/mol. The number of methoxy groups -OCH3 is 1. The van der Waals surface area contributed by atoms with Crippen LogP contribution in [-0.4, -0.2) is 38.2 Å². The van der Waals surface area contributed by atoms with Gasteiger partial charge in [0.1, 0.15) is 6.61 Å². The first kappa shape index (κ1) is 18.7. The molecule has 2 amide bonds. The number of anilines is 3. The summed E-state index contributed by atoms with van der Waals surface area (Å²) in [5.74, 6) is -0.544. The number of para-hydroxylation sites is 1. The van der Waals surface area contributed by atoms with Gasteiger partial charge in [0.15, 0.2) is 0 Å². The molecule has 0 bridgehead atoms. The largest absolute Gasteiger partial charge is 0.465 e. The number of hydrogen-bond acceptors (Lipinski definition) is 5. The predicted molar refractivity (Wildman–Crippen MR) is 110 cm³/mol. The first-order valence-corrected chi connectivity index (χ1v) is 9.92. The average molecular weight is 406 g/mol. The van der Waals surface area contributed by atoms with Crippen molar-refractivity contribution in [3.8, 4) is 0 Å². The molecule has 2 aromatic carbocycles. The third-order valence-corrected chi connectivity index (χ3v) is 6.56. The van der Waals surface area contributed by atoms with E-state index in [4.69, 9.17) is 9.47 Å². The zero-order valence-electron chi connectivity index (χ0n) is 17.1. The maximum absolute atomic E-state index is 13.7. The molecule has 5 rings (SSSR count). The number of hydrogen-bond donors (Lipinski definition) is 0. The van der Waals surface area contributed by atoms with Crippen LogP contribution >= 0.6 is 0 Å². The SMILES string of the molecule is COC(=O)c1cc(N2CCOC2=O)cc(N2C(=O)[C@@]3(CC3(C)C)c3ccccc32)c1. The van der Waals surface area contributed by atoms with Crippen molar-refractivity contribution >= 4 is 35.0 Å². The van der Waals surface area contributed by atoms with Crippen LogP contribution < -0.4 is 9.80 Å². The molecule has 3 aliphatic rings. The van der Waals surface area contributed by atoms with E-state index in [0.29, 0.717) is 17.9 Å². The highest BCUT2D eigenvalue weighted by Gasteiger charge is 2.72. The van der Waals surface area contributed by atoms with Crippen LogP contribution in [0, 0.1) is 5.41 Å². The van der Waals surface area contributed by atoms with Gasteiger partial charge in [-0.3, -0.25) is 14.6 Å². The molecule has 0 radical (unpaired) electrons. The van der Waals surface area contributed by atoms with Crippen molar-refractivity contribution in [2.75, 3.05) is 30.1 Å². The summed E-state index contributed by atoms with van der Waals surface area (Å²) in [5.41, 5.74) is 2.41. The van der Waals surface area contributed by atoms with Gasteiger partial charge in [0.2, 0.25) is 5.91 Å². The molecule has 7 heteroatoms. The lowest BCUT2D eigenvalue weighted by Gasteiger charge is -2.22. The van der Waals surface area contributed by atoms with E-state index in [1.54, 1.807) is 23.1 Å².